The number of imidazole rings is 1. The molecule has 3 aromatic heterocycles. The molecule has 4 heterocycles. The number of hydrogen-bond donors (Lipinski definition) is 1. The van der Waals surface area contributed by atoms with Gasteiger partial charge in [0.2, 0.25) is 5.88 Å². The summed E-state index contributed by atoms with van der Waals surface area (Å²) < 4.78 is 56.3. The summed E-state index contributed by atoms with van der Waals surface area (Å²) >= 11 is 0. The molecule has 1 atom stereocenters. The van der Waals surface area contributed by atoms with E-state index in [0.29, 0.717) is 37.2 Å². The number of amides is 1. The Morgan fingerprint density at radius 2 is 1.89 bits per heavy atom. The molecule has 11 nitrogen and oxygen atoms in total. The third-order valence-electron chi connectivity index (χ3n) is 7.98. The van der Waals surface area contributed by atoms with Crippen LogP contribution in [0.4, 0.5) is 18.0 Å². The highest BCUT2D eigenvalue weighted by Gasteiger charge is 2.69. The molecule has 0 spiro atoms. The lowest BCUT2D eigenvalue weighted by atomic mass is 9.95. The third-order valence-corrected chi connectivity index (χ3v) is 7.98. The van der Waals surface area contributed by atoms with Crippen LogP contribution in [-0.4, -0.2) is 67.7 Å². The maximum absolute atomic E-state index is 14.4. The van der Waals surface area contributed by atoms with Crippen LogP contribution >= 0.6 is 0 Å². The zero-order valence-corrected chi connectivity index (χ0v) is 25.5. The number of aliphatic imine (C=N–C) groups is 1. The van der Waals surface area contributed by atoms with Gasteiger partial charge in [-0.25, -0.2) is 9.78 Å². The first-order valence-corrected chi connectivity index (χ1v) is 14.6. The van der Waals surface area contributed by atoms with E-state index in [-0.39, 0.29) is 53.6 Å². The van der Waals surface area contributed by atoms with Crippen LogP contribution < -0.4 is 10.6 Å². The molecule has 1 saturated heterocycles. The van der Waals surface area contributed by atoms with E-state index in [9.17, 15) is 23.2 Å². The Morgan fingerprint density at radius 1 is 1.18 bits per heavy atom. The second-order valence-electron chi connectivity index (χ2n) is 12.3. The van der Waals surface area contributed by atoms with Crippen molar-refractivity contribution in [1.82, 2.24) is 19.3 Å². The van der Waals surface area contributed by atoms with E-state index in [1.165, 1.54) is 28.9 Å². The van der Waals surface area contributed by atoms with Crippen LogP contribution in [0.25, 0.3) is 5.65 Å². The minimum absolute atomic E-state index is 0.0395. The van der Waals surface area contributed by atoms with Crippen molar-refractivity contribution in [3.63, 3.8) is 0 Å². The van der Waals surface area contributed by atoms with Crippen molar-refractivity contribution in [3.05, 3.63) is 59.7 Å². The van der Waals surface area contributed by atoms with Crippen LogP contribution in [0, 0.1) is 16.7 Å². The molecule has 1 aliphatic carbocycles. The fourth-order valence-electron chi connectivity index (χ4n) is 5.53. The molecule has 5 rings (SSSR count). The summed E-state index contributed by atoms with van der Waals surface area (Å²) in [5.74, 6) is 5.80. The molecule has 14 heteroatoms. The molecular weight excluding hydrogens is 589 g/mol. The Morgan fingerprint density at radius 3 is 2.44 bits per heavy atom. The van der Waals surface area contributed by atoms with Gasteiger partial charge in [0.05, 0.1) is 23.6 Å². The second-order valence-corrected chi connectivity index (χ2v) is 12.3. The number of carbonyl (C=O) groups is 1. The van der Waals surface area contributed by atoms with Gasteiger partial charge in [-0.15, -0.1) is 0 Å². The second kappa shape index (κ2) is 12.0. The van der Waals surface area contributed by atoms with E-state index < -0.39 is 23.3 Å². The monoisotopic (exact) mass is 624 g/mol. The Kier molecular flexibility index (Phi) is 8.48. The number of hydrazone groups is 1. The third kappa shape index (κ3) is 6.57. The van der Waals surface area contributed by atoms with Gasteiger partial charge in [-0.3, -0.25) is 14.4 Å². The lowest BCUT2D eigenvalue weighted by Crippen LogP contribution is -2.42. The summed E-state index contributed by atoms with van der Waals surface area (Å²) in [5, 5.41) is 13.7. The summed E-state index contributed by atoms with van der Waals surface area (Å²) in [6.07, 6.45) is -2.72. The number of aromatic nitrogens is 3. The largest absolute Gasteiger partial charge is 0.468 e. The molecule has 2 N–H and O–H groups in total. The maximum atomic E-state index is 14.4. The van der Waals surface area contributed by atoms with Crippen LogP contribution in [0.15, 0.2) is 52.8 Å². The SMILES string of the molecule is CC(=NC1CCN(C(=O)OC(C)(C)C)CC1)/C(=N\N)c1cc(OC(c2ccccn2)C2(C(F)(F)F)CC2)n2c(C#N)cnc2c1. The van der Waals surface area contributed by atoms with Crippen LogP contribution in [0.1, 0.15) is 76.4 Å². The molecule has 238 valence electrons. The van der Waals surface area contributed by atoms with Crippen LogP contribution in [0.5, 0.6) is 5.88 Å². The highest BCUT2D eigenvalue weighted by molar-refractivity contribution is 6.47. The van der Waals surface area contributed by atoms with Gasteiger partial charge in [0.15, 0.2) is 6.10 Å². The number of alkyl halides is 3. The van der Waals surface area contributed by atoms with Crippen LogP contribution in [-0.2, 0) is 4.74 Å². The standard InChI is InChI=1S/C31H35F3N8O3/c1-19(39-21-8-13-41(14-9-21)28(43)45-29(2,3)4)26(40-36)20-15-24-38-18-22(17-35)42(24)25(16-20)44-27(23-7-5-6-12-37-23)30(10-11-30)31(32,33)34/h5-7,12,15-16,18,21,27H,8-11,13-14,36H2,1-4H3/b39-19?,40-26+. The van der Waals surface area contributed by atoms with Gasteiger partial charge in [-0.05, 0) is 71.6 Å². The van der Waals surface area contributed by atoms with Crippen molar-refractivity contribution in [2.75, 3.05) is 13.1 Å². The predicted molar refractivity (Wildman–Crippen MR) is 160 cm³/mol. The molecule has 2 fully saturated rings. The number of halogens is 3. The lowest BCUT2D eigenvalue weighted by molar-refractivity contribution is -0.212. The number of likely N-dealkylation sites (tertiary alicyclic amines) is 1. The van der Waals surface area contributed by atoms with Crippen molar-refractivity contribution < 1.29 is 27.4 Å². The Labute approximate surface area is 258 Å². The van der Waals surface area contributed by atoms with E-state index in [4.69, 9.17) is 20.3 Å². The van der Waals surface area contributed by atoms with Crippen molar-refractivity contribution in [3.8, 4) is 11.9 Å². The first-order valence-electron chi connectivity index (χ1n) is 14.6. The van der Waals surface area contributed by atoms with Gasteiger partial charge >= 0.3 is 12.3 Å². The van der Waals surface area contributed by atoms with E-state index >= 15 is 0 Å². The average Bonchev–Trinajstić information content (AvgIpc) is 3.70. The first kappa shape index (κ1) is 31.7. The van der Waals surface area contributed by atoms with E-state index in [2.05, 4.69) is 15.1 Å². The molecule has 0 aromatic carbocycles. The van der Waals surface area contributed by atoms with E-state index in [1.54, 1.807) is 30.0 Å². The fraction of sp³-hybridized carbons (Fsp3) is 0.484. The molecule has 1 aliphatic heterocycles. The summed E-state index contributed by atoms with van der Waals surface area (Å²) in [6.45, 7) is 8.12. The Bertz CT molecular complexity index is 1660. The number of nitrogens with zero attached hydrogens (tertiary/aromatic N) is 7. The molecule has 0 radical (unpaired) electrons. The molecule has 1 amide bonds. The number of piperidine rings is 1. The molecule has 0 bridgehead atoms. The number of rotatable bonds is 7. The summed E-state index contributed by atoms with van der Waals surface area (Å²) in [5.41, 5.74) is -1.09. The number of hydrogen-bond acceptors (Lipinski definition) is 9. The summed E-state index contributed by atoms with van der Waals surface area (Å²) in [6, 6.07) is 9.73. The Hall–Kier alpha value is -4.67. The van der Waals surface area contributed by atoms with Gasteiger partial charge in [0.25, 0.3) is 0 Å². The number of nitrogens with two attached hydrogens (primary N) is 1. The minimum Gasteiger partial charge on any atom is -0.468 e. The van der Waals surface area contributed by atoms with Gasteiger partial charge < -0.3 is 20.2 Å². The van der Waals surface area contributed by atoms with Crippen LogP contribution in [0.2, 0.25) is 0 Å². The van der Waals surface area contributed by atoms with Crippen molar-refractivity contribution >= 4 is 23.2 Å². The molecule has 3 aromatic rings. The smallest absolute Gasteiger partial charge is 0.410 e. The topological polar surface area (TPSA) is 143 Å². The number of ether oxygens (including phenoxy) is 2. The predicted octanol–water partition coefficient (Wildman–Crippen LogP) is 5.59. The maximum Gasteiger partial charge on any atom is 0.410 e. The summed E-state index contributed by atoms with van der Waals surface area (Å²) in [7, 11) is 0. The number of carbonyl (C=O) groups excluding carboxylic acids is 1. The van der Waals surface area contributed by atoms with Gasteiger partial charge in [0, 0.05) is 30.9 Å². The molecule has 1 saturated carbocycles. The van der Waals surface area contributed by atoms with Crippen molar-refractivity contribution in [1.29, 1.82) is 5.26 Å². The zero-order valence-electron chi connectivity index (χ0n) is 25.5. The van der Waals surface area contributed by atoms with Crippen LogP contribution in [0.3, 0.4) is 0 Å². The lowest BCUT2D eigenvalue weighted by Gasteiger charge is -2.32. The van der Waals surface area contributed by atoms with Gasteiger partial charge in [-0.1, -0.05) is 6.07 Å². The Balaban J connectivity index is 1.46. The molecule has 1 unspecified atom stereocenters. The molecule has 45 heavy (non-hydrogen) atoms. The summed E-state index contributed by atoms with van der Waals surface area (Å²) in [4.78, 5) is 27.4. The zero-order chi connectivity index (χ0) is 32.6. The first-order chi connectivity index (χ1) is 21.3. The van der Waals surface area contributed by atoms with Gasteiger partial charge in [0.1, 0.15) is 34.1 Å². The van der Waals surface area contributed by atoms with Crippen molar-refractivity contribution in [2.45, 2.75) is 77.3 Å². The van der Waals surface area contributed by atoms with Gasteiger partial charge in [-0.2, -0.15) is 23.5 Å². The molecule has 2 aliphatic rings. The normalized spacial score (nSPS) is 18.4. The number of fused-ring (bicyclic) bond motifs is 1. The average molecular weight is 625 g/mol. The number of pyridine rings is 2. The van der Waals surface area contributed by atoms with E-state index in [0.717, 1.165) is 0 Å². The van der Waals surface area contributed by atoms with E-state index in [1.807, 2.05) is 26.8 Å². The quantitative estimate of drug-likeness (QED) is 0.205. The van der Waals surface area contributed by atoms with Crippen molar-refractivity contribution in [2.24, 2.45) is 21.4 Å². The number of nitriles is 1. The highest BCUT2D eigenvalue weighted by Crippen LogP contribution is 2.65. The minimum atomic E-state index is -4.55. The highest BCUT2D eigenvalue weighted by atomic mass is 19.4. The molecular formula is C31H35F3N8O3. The fourth-order valence-corrected chi connectivity index (χ4v) is 5.53.